The molecule has 1 rings (SSSR count). The number of hydrogen-bond acceptors (Lipinski definition) is 2. The predicted molar refractivity (Wildman–Crippen MR) is 62.7 cm³/mol. The Morgan fingerprint density at radius 1 is 1.31 bits per heavy atom. The van der Waals surface area contributed by atoms with E-state index in [0.29, 0.717) is 5.33 Å². The Kier molecular flexibility index (Phi) is 7.25. The van der Waals surface area contributed by atoms with E-state index in [1.807, 2.05) is 0 Å². The number of alkyl halides is 3. The highest BCUT2D eigenvalue weighted by molar-refractivity contribution is 9.09. The van der Waals surface area contributed by atoms with Crippen LogP contribution in [0, 0.1) is 0 Å². The van der Waals surface area contributed by atoms with E-state index in [1.165, 1.54) is 24.3 Å². The average Bonchev–Trinajstić information content (AvgIpc) is 2.18. The lowest BCUT2D eigenvalue weighted by Gasteiger charge is -2.04. The fourth-order valence-corrected chi connectivity index (χ4v) is 1.26. The number of benzene rings is 1. The monoisotopic (exact) mass is 314 g/mol. The fourth-order valence-electron chi connectivity index (χ4n) is 0.941. The van der Waals surface area contributed by atoms with E-state index in [4.69, 9.17) is 4.74 Å². The van der Waals surface area contributed by atoms with Crippen molar-refractivity contribution in [3.63, 3.8) is 0 Å². The van der Waals surface area contributed by atoms with Crippen LogP contribution in [0.1, 0.15) is 18.4 Å². The number of carbonyl (C=O) groups is 1. The van der Waals surface area contributed by atoms with E-state index < -0.39 is 12.4 Å². The summed E-state index contributed by atoms with van der Waals surface area (Å²) in [4.78, 5) is 11.0. The van der Waals surface area contributed by atoms with Gasteiger partial charge in [0, 0.05) is 10.9 Å². The molecule has 6 heteroatoms. The summed E-state index contributed by atoms with van der Waals surface area (Å²) in [5.74, 6) is -0.109. The molecule has 0 radical (unpaired) electrons. The van der Waals surface area contributed by atoms with Crippen molar-refractivity contribution in [2.75, 3.05) is 5.33 Å². The van der Waals surface area contributed by atoms with Crippen LogP contribution in [-0.2, 0) is 4.79 Å². The normalized spacial score (nSPS) is 9.75. The highest BCUT2D eigenvalue weighted by Gasteiger charge is 2.07. The van der Waals surface area contributed by atoms with Crippen molar-refractivity contribution >= 4 is 34.3 Å². The quantitative estimate of drug-likeness (QED) is 0.481. The number of carbonyl (C=O) groups excluding carboxylic acids is 1. The molecule has 0 aliphatic carbocycles. The second-order valence-electron chi connectivity index (χ2n) is 2.78. The van der Waals surface area contributed by atoms with E-state index >= 15 is 0 Å². The Balaban J connectivity index is 0.00000225. The van der Waals surface area contributed by atoms with E-state index in [-0.39, 0.29) is 30.1 Å². The minimum atomic E-state index is -2.50. The lowest BCUT2D eigenvalue weighted by atomic mass is 10.2. The van der Waals surface area contributed by atoms with Gasteiger partial charge in [-0.25, -0.2) is 8.78 Å². The van der Waals surface area contributed by atoms with Gasteiger partial charge < -0.3 is 4.74 Å². The molecule has 16 heavy (non-hydrogen) atoms. The molecule has 0 unspecified atom stereocenters. The molecule has 0 spiro atoms. The third kappa shape index (κ3) is 4.90. The van der Waals surface area contributed by atoms with E-state index in [9.17, 15) is 13.6 Å². The summed E-state index contributed by atoms with van der Waals surface area (Å²) in [6.45, 7) is 0. The van der Waals surface area contributed by atoms with Crippen LogP contribution in [-0.4, -0.2) is 11.3 Å². The molecule has 90 valence electrons. The lowest BCUT2D eigenvalue weighted by molar-refractivity contribution is -0.133. The van der Waals surface area contributed by atoms with Gasteiger partial charge in [0.05, 0.1) is 6.42 Å². The van der Waals surface area contributed by atoms with Crippen LogP contribution in [0.15, 0.2) is 24.3 Å². The molecular weight excluding hydrogens is 305 g/mol. The third-order valence-corrected chi connectivity index (χ3v) is 2.06. The number of esters is 1. The molecule has 0 aliphatic rings. The molecule has 0 aliphatic heterocycles. The first-order valence-electron chi connectivity index (χ1n) is 4.28. The first-order valence-corrected chi connectivity index (χ1v) is 5.40. The van der Waals surface area contributed by atoms with Crippen LogP contribution >= 0.6 is 28.3 Å². The fraction of sp³-hybridized carbons (Fsp3) is 0.300. The minimum Gasteiger partial charge on any atom is -0.427 e. The van der Waals surface area contributed by atoms with E-state index in [1.54, 1.807) is 0 Å². The Labute approximate surface area is 107 Å². The van der Waals surface area contributed by atoms with E-state index in [0.717, 1.165) is 0 Å². The first kappa shape index (κ1) is 15.3. The van der Waals surface area contributed by atoms with Crippen molar-refractivity contribution in [1.82, 2.24) is 0 Å². The van der Waals surface area contributed by atoms with Gasteiger partial charge >= 0.3 is 5.97 Å². The van der Waals surface area contributed by atoms with Gasteiger partial charge in [0.15, 0.2) is 0 Å². The highest BCUT2D eigenvalue weighted by atomic mass is 79.9. The van der Waals surface area contributed by atoms with Crippen molar-refractivity contribution in [3.05, 3.63) is 29.8 Å². The second-order valence-corrected chi connectivity index (χ2v) is 3.58. The highest BCUT2D eigenvalue weighted by Crippen LogP contribution is 2.21. The Bertz CT molecular complexity index is 330. The smallest absolute Gasteiger partial charge is 0.312 e. The topological polar surface area (TPSA) is 26.3 Å². The zero-order valence-electron chi connectivity index (χ0n) is 8.16. The molecule has 1 aromatic rings. The molecule has 0 fully saturated rings. The summed E-state index contributed by atoms with van der Waals surface area (Å²) >= 11 is 3.09. The number of hydrogen-bond donors (Lipinski definition) is 0. The van der Waals surface area contributed by atoms with Crippen LogP contribution < -0.4 is 4.74 Å². The average molecular weight is 316 g/mol. The van der Waals surface area contributed by atoms with Gasteiger partial charge in [-0.05, 0) is 24.3 Å². The van der Waals surface area contributed by atoms with Crippen molar-refractivity contribution in [2.24, 2.45) is 0 Å². The lowest BCUT2D eigenvalue weighted by Crippen LogP contribution is -2.07. The molecule has 0 atom stereocenters. The summed E-state index contributed by atoms with van der Waals surface area (Å²) in [5, 5.41) is 0.515. The maximum absolute atomic E-state index is 12.2. The number of halogens is 4. The number of ether oxygens (including phenoxy) is 1. The third-order valence-electron chi connectivity index (χ3n) is 1.66. The van der Waals surface area contributed by atoms with Crippen LogP contribution in [0.5, 0.6) is 5.75 Å². The maximum atomic E-state index is 12.2. The Morgan fingerprint density at radius 2 is 1.88 bits per heavy atom. The van der Waals surface area contributed by atoms with Crippen molar-refractivity contribution in [3.8, 4) is 5.75 Å². The van der Waals surface area contributed by atoms with Gasteiger partial charge in [0.25, 0.3) is 6.43 Å². The molecule has 0 amide bonds. The van der Waals surface area contributed by atoms with Gasteiger partial charge in [-0.1, -0.05) is 15.9 Å². The van der Waals surface area contributed by atoms with Crippen molar-refractivity contribution in [2.45, 2.75) is 12.8 Å². The van der Waals surface area contributed by atoms with Crippen molar-refractivity contribution in [1.29, 1.82) is 0 Å². The van der Waals surface area contributed by atoms with Crippen LogP contribution in [0.4, 0.5) is 8.78 Å². The molecular formula is C10H10BrClF2O2. The Hall–Kier alpha value is -0.680. The summed E-state index contributed by atoms with van der Waals surface area (Å²) in [6, 6.07) is 5.18. The predicted octanol–water partition coefficient (Wildman–Crippen LogP) is 3.74. The standard InChI is InChI=1S/C10H9BrF2O2.ClH/c11-6-5-9(14)15-8-3-1-7(2-4-8)10(12)13;/h1-4,10H,5-6H2;1H. The summed E-state index contributed by atoms with van der Waals surface area (Å²) in [6.07, 6.45) is -2.26. The Morgan fingerprint density at radius 3 is 2.31 bits per heavy atom. The minimum absolute atomic E-state index is 0. The molecule has 0 heterocycles. The molecule has 0 bridgehead atoms. The van der Waals surface area contributed by atoms with Gasteiger partial charge in [-0.3, -0.25) is 4.79 Å². The maximum Gasteiger partial charge on any atom is 0.312 e. The molecule has 0 aromatic heterocycles. The van der Waals surface area contributed by atoms with E-state index in [2.05, 4.69) is 15.9 Å². The summed E-state index contributed by atoms with van der Waals surface area (Å²) in [7, 11) is 0. The number of rotatable bonds is 4. The zero-order valence-corrected chi connectivity index (χ0v) is 10.6. The molecule has 0 N–H and O–H groups in total. The van der Waals surface area contributed by atoms with Gasteiger partial charge in [-0.15, -0.1) is 12.4 Å². The molecule has 0 saturated heterocycles. The first-order chi connectivity index (χ1) is 7.13. The van der Waals surface area contributed by atoms with Gasteiger partial charge in [-0.2, -0.15) is 0 Å². The molecule has 0 saturated carbocycles. The molecule has 2 nitrogen and oxygen atoms in total. The largest absolute Gasteiger partial charge is 0.427 e. The SMILES string of the molecule is Cl.O=C(CCBr)Oc1ccc(C(F)F)cc1. The van der Waals surface area contributed by atoms with Gasteiger partial charge in [0.2, 0.25) is 0 Å². The summed E-state index contributed by atoms with van der Waals surface area (Å²) in [5.41, 5.74) is -0.0877. The second kappa shape index (κ2) is 7.57. The van der Waals surface area contributed by atoms with Crippen LogP contribution in [0.25, 0.3) is 0 Å². The van der Waals surface area contributed by atoms with Crippen molar-refractivity contribution < 1.29 is 18.3 Å². The molecule has 1 aromatic carbocycles. The van der Waals surface area contributed by atoms with Gasteiger partial charge in [0.1, 0.15) is 5.75 Å². The van der Waals surface area contributed by atoms with Crippen LogP contribution in [0.3, 0.4) is 0 Å². The zero-order chi connectivity index (χ0) is 11.3. The summed E-state index contributed by atoms with van der Waals surface area (Å²) < 4.78 is 29.2. The van der Waals surface area contributed by atoms with Crippen LogP contribution in [0.2, 0.25) is 0 Å².